The molecule has 0 bridgehead atoms. The molecule has 5 nitrogen and oxygen atoms in total. The van der Waals surface area contributed by atoms with Crippen molar-refractivity contribution in [2.75, 3.05) is 0 Å². The van der Waals surface area contributed by atoms with Gasteiger partial charge in [0.15, 0.2) is 5.82 Å². The Morgan fingerprint density at radius 1 is 1.13 bits per heavy atom. The quantitative estimate of drug-likeness (QED) is 0.593. The van der Waals surface area contributed by atoms with Crippen molar-refractivity contribution >= 4 is 5.78 Å². The van der Waals surface area contributed by atoms with Crippen LogP contribution in [0.5, 0.6) is 0 Å². The molecule has 23 heavy (non-hydrogen) atoms. The Bertz CT molecular complexity index is 785. The van der Waals surface area contributed by atoms with Gasteiger partial charge in [-0.25, -0.2) is 9.97 Å². The molecule has 2 aromatic rings. The molecule has 0 fully saturated rings. The predicted octanol–water partition coefficient (Wildman–Crippen LogP) is 3.09. The van der Waals surface area contributed by atoms with E-state index >= 15 is 0 Å². The molecule has 2 aromatic heterocycles. The van der Waals surface area contributed by atoms with Gasteiger partial charge in [0.2, 0.25) is 5.82 Å². The highest BCUT2D eigenvalue weighted by Crippen LogP contribution is 2.38. The number of carbonyl (C=O) groups is 1. The maximum Gasteiger partial charge on any atom is 0.458 e. The van der Waals surface area contributed by atoms with Gasteiger partial charge >= 0.3 is 18.1 Å². The second-order valence-electron chi connectivity index (χ2n) is 5.09. The van der Waals surface area contributed by atoms with Crippen LogP contribution >= 0.6 is 0 Å². The summed E-state index contributed by atoms with van der Waals surface area (Å²) in [5.74, 6) is -4.13. The molecule has 1 aliphatic heterocycles. The smallest absolute Gasteiger partial charge is 0.317 e. The van der Waals surface area contributed by atoms with Crippen LogP contribution in [0.25, 0.3) is 11.4 Å². The van der Waals surface area contributed by atoms with E-state index in [1.165, 1.54) is 6.92 Å². The lowest BCUT2D eigenvalue weighted by Crippen LogP contribution is -2.31. The van der Waals surface area contributed by atoms with Gasteiger partial charge in [-0.15, -0.1) is 0 Å². The average Bonchev–Trinajstić information content (AvgIpc) is 2.98. The Balaban J connectivity index is 2.16. The Hall–Kier alpha value is -2.33. The van der Waals surface area contributed by atoms with Crippen molar-refractivity contribution in [1.29, 1.82) is 0 Å². The summed E-state index contributed by atoms with van der Waals surface area (Å²) < 4.78 is 78.3. The fourth-order valence-corrected chi connectivity index (χ4v) is 2.63. The largest absolute Gasteiger partial charge is 0.458 e. The molecule has 1 atom stereocenters. The van der Waals surface area contributed by atoms with E-state index in [2.05, 4.69) is 9.97 Å². The molecule has 0 aromatic carbocycles. The average molecular weight is 338 g/mol. The fourth-order valence-electron chi connectivity index (χ4n) is 2.63. The number of alkyl halides is 6. The number of halogens is 6. The third-order valence-electron chi connectivity index (χ3n) is 3.52. The van der Waals surface area contributed by atoms with E-state index in [1.54, 1.807) is 0 Å². The standard InChI is InChI=1S/C12H8F6N4O/c1-5-4-21-6(2-20-10(21)12(16,17)18)7-3-19-9(22(5)7)8(23)11(13,14)15/h2-3,5H,4H2,1H3. The van der Waals surface area contributed by atoms with Crippen LogP contribution in [-0.4, -0.2) is 31.1 Å². The van der Waals surface area contributed by atoms with Gasteiger partial charge in [0.25, 0.3) is 0 Å². The summed E-state index contributed by atoms with van der Waals surface area (Å²) in [5.41, 5.74) is -0.0523. The van der Waals surface area contributed by atoms with E-state index in [9.17, 15) is 31.1 Å². The number of aromatic nitrogens is 4. The van der Waals surface area contributed by atoms with Crippen LogP contribution in [0.3, 0.4) is 0 Å². The van der Waals surface area contributed by atoms with Gasteiger partial charge in [0.05, 0.1) is 29.8 Å². The lowest BCUT2D eigenvalue weighted by atomic mass is 10.2. The maximum atomic E-state index is 12.9. The summed E-state index contributed by atoms with van der Waals surface area (Å²) in [6.45, 7) is 1.13. The minimum absolute atomic E-state index is 0.0145. The molecule has 1 unspecified atom stereocenters. The number of ketones is 1. The summed E-state index contributed by atoms with van der Waals surface area (Å²) in [4.78, 5) is 18.2. The molecule has 0 radical (unpaired) electrons. The first kappa shape index (κ1) is 15.6. The van der Waals surface area contributed by atoms with Crippen LogP contribution in [0.2, 0.25) is 0 Å². The second-order valence-corrected chi connectivity index (χ2v) is 5.09. The zero-order chi connectivity index (χ0) is 17.2. The van der Waals surface area contributed by atoms with E-state index in [0.29, 0.717) is 0 Å². The first-order valence-corrected chi connectivity index (χ1v) is 6.33. The lowest BCUT2D eigenvalue weighted by molar-refractivity contribution is -0.147. The second kappa shape index (κ2) is 4.59. The molecule has 0 aliphatic carbocycles. The van der Waals surface area contributed by atoms with E-state index in [1.807, 2.05) is 0 Å². The van der Waals surface area contributed by atoms with Crippen LogP contribution in [0.15, 0.2) is 12.4 Å². The van der Waals surface area contributed by atoms with Gasteiger partial charge in [0, 0.05) is 6.54 Å². The molecule has 0 amide bonds. The molecule has 0 N–H and O–H groups in total. The van der Waals surface area contributed by atoms with Crippen LogP contribution < -0.4 is 0 Å². The molecule has 11 heteroatoms. The summed E-state index contributed by atoms with van der Waals surface area (Å²) in [6.07, 6.45) is -7.95. The molecule has 1 aliphatic rings. The Kier molecular flexibility index (Phi) is 3.10. The van der Waals surface area contributed by atoms with Crippen LogP contribution in [0, 0.1) is 0 Å². The first-order chi connectivity index (χ1) is 10.5. The Morgan fingerprint density at radius 3 is 2.30 bits per heavy atom. The number of carbonyl (C=O) groups excluding carboxylic acids is 1. The summed E-state index contributed by atoms with van der Waals surface area (Å²) >= 11 is 0. The van der Waals surface area contributed by atoms with Crippen molar-refractivity contribution in [2.24, 2.45) is 0 Å². The van der Waals surface area contributed by atoms with E-state index in [4.69, 9.17) is 0 Å². The zero-order valence-corrected chi connectivity index (χ0v) is 11.4. The van der Waals surface area contributed by atoms with E-state index in [0.717, 1.165) is 21.5 Å². The molecule has 3 rings (SSSR count). The number of rotatable bonds is 1. The van der Waals surface area contributed by atoms with Crippen molar-refractivity contribution in [3.63, 3.8) is 0 Å². The van der Waals surface area contributed by atoms with E-state index < -0.39 is 35.8 Å². The molecular formula is C12H8F6N4O. The topological polar surface area (TPSA) is 52.7 Å². The molecule has 0 saturated heterocycles. The Morgan fingerprint density at radius 2 is 1.74 bits per heavy atom. The van der Waals surface area contributed by atoms with Gasteiger partial charge in [-0.2, -0.15) is 26.3 Å². The first-order valence-electron chi connectivity index (χ1n) is 6.33. The minimum Gasteiger partial charge on any atom is -0.317 e. The monoisotopic (exact) mass is 338 g/mol. The number of hydrogen-bond acceptors (Lipinski definition) is 3. The van der Waals surface area contributed by atoms with Crippen molar-refractivity contribution < 1.29 is 31.1 Å². The van der Waals surface area contributed by atoms with Crippen molar-refractivity contribution in [3.05, 3.63) is 24.0 Å². The third-order valence-corrected chi connectivity index (χ3v) is 3.52. The van der Waals surface area contributed by atoms with Crippen molar-refractivity contribution in [2.45, 2.75) is 31.9 Å². The number of nitrogens with zero attached hydrogens (tertiary/aromatic N) is 4. The number of imidazole rings is 2. The van der Waals surface area contributed by atoms with Gasteiger partial charge in [-0.05, 0) is 6.92 Å². The highest BCUT2D eigenvalue weighted by atomic mass is 19.4. The number of hydrogen-bond donors (Lipinski definition) is 0. The highest BCUT2D eigenvalue weighted by molar-refractivity contribution is 5.98. The SMILES string of the molecule is CC1Cn2c(cnc2C(F)(F)F)-c2cnc(C(=O)C(F)(F)F)n21. The highest BCUT2D eigenvalue weighted by Gasteiger charge is 2.45. The van der Waals surface area contributed by atoms with E-state index in [-0.39, 0.29) is 17.9 Å². The normalized spacial score (nSPS) is 17.8. The molecule has 0 saturated carbocycles. The maximum absolute atomic E-state index is 12.9. The summed E-state index contributed by atoms with van der Waals surface area (Å²) in [7, 11) is 0. The van der Waals surface area contributed by atoms with Crippen LogP contribution in [0.4, 0.5) is 26.3 Å². The predicted molar refractivity (Wildman–Crippen MR) is 63.5 cm³/mol. The fraction of sp³-hybridized carbons (Fsp3) is 0.417. The van der Waals surface area contributed by atoms with Crippen molar-refractivity contribution in [1.82, 2.24) is 19.1 Å². The molecule has 124 valence electrons. The Labute approximate surface area is 124 Å². The van der Waals surface area contributed by atoms with Crippen LogP contribution in [-0.2, 0) is 12.7 Å². The minimum atomic E-state index is -5.11. The molecular weight excluding hydrogens is 330 g/mol. The molecule has 3 heterocycles. The summed E-state index contributed by atoms with van der Waals surface area (Å²) in [6, 6.07) is -0.823. The van der Waals surface area contributed by atoms with Gasteiger partial charge in [-0.1, -0.05) is 0 Å². The lowest BCUT2D eigenvalue weighted by Gasteiger charge is -2.27. The number of fused-ring (bicyclic) bond motifs is 3. The van der Waals surface area contributed by atoms with Gasteiger partial charge in [-0.3, -0.25) is 4.79 Å². The van der Waals surface area contributed by atoms with Crippen molar-refractivity contribution in [3.8, 4) is 11.4 Å². The third kappa shape index (κ3) is 2.30. The van der Waals surface area contributed by atoms with Gasteiger partial charge in [0.1, 0.15) is 0 Å². The van der Waals surface area contributed by atoms with Crippen LogP contribution in [0.1, 0.15) is 29.4 Å². The van der Waals surface area contributed by atoms with Gasteiger partial charge < -0.3 is 9.13 Å². The number of Topliss-reactive ketones (excluding diaryl/α,β-unsaturated/α-hetero) is 1. The zero-order valence-electron chi connectivity index (χ0n) is 11.4. The molecule has 0 spiro atoms. The summed E-state index contributed by atoms with van der Waals surface area (Å²) in [5, 5.41) is 0.